The molecule has 146 valence electrons. The van der Waals surface area contributed by atoms with Gasteiger partial charge in [0, 0.05) is 16.2 Å². The maximum Gasteiger partial charge on any atom is 0.307 e. The van der Waals surface area contributed by atoms with Crippen LogP contribution in [0.4, 0.5) is 4.39 Å². The smallest absolute Gasteiger partial charge is 0.307 e. The van der Waals surface area contributed by atoms with Crippen LogP contribution in [0, 0.1) is 23.6 Å². The fourth-order valence-corrected chi connectivity index (χ4v) is 6.43. The minimum absolute atomic E-state index is 0.0450. The number of benzene rings is 1. The molecule has 0 atom stereocenters. The van der Waals surface area contributed by atoms with Crippen molar-refractivity contribution < 1.29 is 18.7 Å². The van der Waals surface area contributed by atoms with Crippen molar-refractivity contribution in [2.45, 2.75) is 55.4 Å². The van der Waals surface area contributed by atoms with Gasteiger partial charge in [0.25, 0.3) is 5.91 Å². The Kier molecular flexibility index (Phi) is 5.44. The lowest BCUT2D eigenvalue weighted by molar-refractivity contribution is -0.149. The first-order chi connectivity index (χ1) is 13.0. The maximum atomic E-state index is 12.9. The van der Waals surface area contributed by atoms with Crippen molar-refractivity contribution >= 4 is 23.6 Å². The highest BCUT2D eigenvalue weighted by Gasteiger charge is 2.51. The highest BCUT2D eigenvalue weighted by Crippen LogP contribution is 2.55. The SMILES string of the molecule is O=C(COC(=O)CCSc1ccc(F)cc1)NC12CC3CC(CC(C3)C1)C2. The summed E-state index contributed by atoms with van der Waals surface area (Å²) in [6.07, 6.45) is 7.49. The summed E-state index contributed by atoms with van der Waals surface area (Å²) in [4.78, 5) is 25.1. The van der Waals surface area contributed by atoms with E-state index in [9.17, 15) is 14.0 Å². The summed E-state index contributed by atoms with van der Waals surface area (Å²) in [5.41, 5.74) is -0.0450. The number of nitrogens with one attached hydrogen (secondary N) is 1. The summed E-state index contributed by atoms with van der Waals surface area (Å²) < 4.78 is 18.0. The van der Waals surface area contributed by atoms with E-state index in [4.69, 9.17) is 4.74 Å². The molecule has 27 heavy (non-hydrogen) atoms. The van der Waals surface area contributed by atoms with Gasteiger partial charge >= 0.3 is 5.97 Å². The summed E-state index contributed by atoms with van der Waals surface area (Å²) in [6.45, 7) is -0.193. The van der Waals surface area contributed by atoms with Gasteiger partial charge in [-0.2, -0.15) is 0 Å². The Hall–Kier alpha value is -1.56. The molecule has 5 rings (SSSR count). The second-order valence-corrected chi connectivity index (χ2v) is 9.63. The molecule has 0 spiro atoms. The largest absolute Gasteiger partial charge is 0.456 e. The van der Waals surface area contributed by atoms with E-state index in [2.05, 4.69) is 5.32 Å². The number of ether oxygens (including phenoxy) is 1. The fourth-order valence-electron chi connectivity index (χ4n) is 5.60. The Labute approximate surface area is 163 Å². The summed E-state index contributed by atoms with van der Waals surface area (Å²) in [5.74, 6) is 2.03. The summed E-state index contributed by atoms with van der Waals surface area (Å²) in [7, 11) is 0. The van der Waals surface area contributed by atoms with Crippen molar-refractivity contribution in [3.05, 3.63) is 30.1 Å². The second-order valence-electron chi connectivity index (χ2n) is 8.46. The Balaban J connectivity index is 1.17. The lowest BCUT2D eigenvalue weighted by atomic mass is 9.53. The number of hydrogen-bond donors (Lipinski definition) is 1. The number of amides is 1. The molecule has 1 amide bonds. The van der Waals surface area contributed by atoms with E-state index in [0.717, 1.165) is 41.9 Å². The van der Waals surface area contributed by atoms with Crippen LogP contribution in [0.25, 0.3) is 0 Å². The van der Waals surface area contributed by atoms with Crippen LogP contribution < -0.4 is 5.32 Å². The van der Waals surface area contributed by atoms with Crippen molar-refractivity contribution in [3.63, 3.8) is 0 Å². The van der Waals surface area contributed by atoms with Gasteiger partial charge in [-0.1, -0.05) is 0 Å². The zero-order chi connectivity index (χ0) is 18.9. The Morgan fingerprint density at radius 1 is 1.07 bits per heavy atom. The molecule has 1 aromatic carbocycles. The van der Waals surface area contributed by atoms with E-state index in [-0.39, 0.29) is 36.3 Å². The Bertz CT molecular complexity index is 671. The topological polar surface area (TPSA) is 55.4 Å². The van der Waals surface area contributed by atoms with Gasteiger partial charge in [0.15, 0.2) is 6.61 Å². The molecule has 0 radical (unpaired) electrons. The Morgan fingerprint density at radius 3 is 2.26 bits per heavy atom. The van der Waals surface area contributed by atoms with Crippen LogP contribution >= 0.6 is 11.8 Å². The van der Waals surface area contributed by atoms with E-state index in [0.29, 0.717) is 5.75 Å². The van der Waals surface area contributed by atoms with Gasteiger partial charge in [-0.15, -0.1) is 11.8 Å². The third-order valence-corrected chi connectivity index (χ3v) is 7.21. The molecule has 0 aliphatic heterocycles. The van der Waals surface area contributed by atoms with Crippen LogP contribution in [0.1, 0.15) is 44.9 Å². The number of hydrogen-bond acceptors (Lipinski definition) is 4. The summed E-state index contributed by atoms with van der Waals surface area (Å²) in [5, 5.41) is 3.21. The van der Waals surface area contributed by atoms with E-state index in [1.54, 1.807) is 12.1 Å². The molecule has 4 nitrogen and oxygen atoms in total. The van der Waals surface area contributed by atoms with Crippen LogP contribution in [0.3, 0.4) is 0 Å². The third kappa shape index (κ3) is 4.65. The van der Waals surface area contributed by atoms with Crippen molar-refractivity contribution in [1.82, 2.24) is 5.32 Å². The number of carbonyl (C=O) groups is 2. The van der Waals surface area contributed by atoms with Crippen LogP contribution in [0.15, 0.2) is 29.2 Å². The lowest BCUT2D eigenvalue weighted by Crippen LogP contribution is -2.60. The highest BCUT2D eigenvalue weighted by atomic mass is 32.2. The molecule has 4 aliphatic carbocycles. The third-order valence-electron chi connectivity index (χ3n) is 6.20. The van der Waals surface area contributed by atoms with Gasteiger partial charge in [-0.25, -0.2) is 4.39 Å². The standard InChI is InChI=1S/C21H26FNO3S/c22-17-1-3-18(4-2-17)27-6-5-20(25)26-13-19(24)23-21-10-14-7-15(11-21)9-16(8-14)12-21/h1-4,14-16H,5-13H2,(H,23,24). The molecular formula is C21H26FNO3S. The normalized spacial score (nSPS) is 30.9. The summed E-state index contributed by atoms with van der Waals surface area (Å²) in [6, 6.07) is 6.17. The molecule has 4 aliphatic rings. The van der Waals surface area contributed by atoms with Crippen LogP contribution in [-0.4, -0.2) is 29.8 Å². The van der Waals surface area contributed by atoms with Crippen LogP contribution in [-0.2, 0) is 14.3 Å². The van der Waals surface area contributed by atoms with E-state index >= 15 is 0 Å². The number of carbonyl (C=O) groups excluding carboxylic acids is 2. The quantitative estimate of drug-likeness (QED) is 0.565. The number of rotatable bonds is 7. The Morgan fingerprint density at radius 2 is 1.67 bits per heavy atom. The summed E-state index contributed by atoms with van der Waals surface area (Å²) >= 11 is 1.47. The van der Waals surface area contributed by atoms with Gasteiger partial charge in [-0.3, -0.25) is 9.59 Å². The van der Waals surface area contributed by atoms with E-state index < -0.39 is 0 Å². The molecule has 4 saturated carbocycles. The fraction of sp³-hybridized carbons (Fsp3) is 0.619. The molecule has 1 aromatic rings. The van der Waals surface area contributed by atoms with Gasteiger partial charge in [0.05, 0.1) is 6.42 Å². The van der Waals surface area contributed by atoms with Crippen molar-refractivity contribution in [1.29, 1.82) is 0 Å². The predicted molar refractivity (Wildman–Crippen MR) is 102 cm³/mol. The highest BCUT2D eigenvalue weighted by molar-refractivity contribution is 7.99. The minimum Gasteiger partial charge on any atom is -0.456 e. The van der Waals surface area contributed by atoms with E-state index in [1.165, 1.54) is 43.2 Å². The zero-order valence-electron chi connectivity index (χ0n) is 15.4. The zero-order valence-corrected chi connectivity index (χ0v) is 16.2. The number of esters is 1. The minimum atomic E-state index is -0.370. The van der Waals surface area contributed by atoms with Crippen molar-refractivity contribution in [3.8, 4) is 0 Å². The van der Waals surface area contributed by atoms with Crippen molar-refractivity contribution in [2.75, 3.05) is 12.4 Å². The van der Waals surface area contributed by atoms with Gasteiger partial charge in [-0.05, 0) is 80.5 Å². The average molecular weight is 392 g/mol. The molecule has 0 saturated heterocycles. The van der Waals surface area contributed by atoms with Crippen molar-refractivity contribution in [2.24, 2.45) is 17.8 Å². The molecule has 0 heterocycles. The van der Waals surface area contributed by atoms with E-state index in [1.807, 2.05) is 0 Å². The monoisotopic (exact) mass is 391 g/mol. The van der Waals surface area contributed by atoms with Gasteiger partial charge in [0.2, 0.25) is 0 Å². The first-order valence-corrected chi connectivity index (χ1v) is 10.8. The molecule has 6 heteroatoms. The number of halogens is 1. The molecule has 4 fully saturated rings. The number of thioether (sulfide) groups is 1. The van der Waals surface area contributed by atoms with Crippen LogP contribution in [0.2, 0.25) is 0 Å². The first-order valence-electron chi connectivity index (χ1n) is 9.85. The average Bonchev–Trinajstić information content (AvgIpc) is 2.60. The molecule has 4 bridgehead atoms. The predicted octanol–water partition coefficient (Wildman–Crippen LogP) is 3.94. The first kappa shape index (κ1) is 18.8. The lowest BCUT2D eigenvalue weighted by Gasteiger charge is -2.56. The van der Waals surface area contributed by atoms with Gasteiger partial charge in [0.1, 0.15) is 5.82 Å². The molecule has 0 aromatic heterocycles. The molecule has 1 N–H and O–H groups in total. The van der Waals surface area contributed by atoms with Gasteiger partial charge < -0.3 is 10.1 Å². The second kappa shape index (κ2) is 7.82. The van der Waals surface area contributed by atoms with Crippen LogP contribution in [0.5, 0.6) is 0 Å². The maximum absolute atomic E-state index is 12.9. The molecular weight excluding hydrogens is 365 g/mol. The molecule has 0 unspecified atom stereocenters.